The van der Waals surface area contributed by atoms with Crippen molar-refractivity contribution in [3.8, 4) is 0 Å². The van der Waals surface area contributed by atoms with Crippen molar-refractivity contribution in [3.05, 3.63) is 47.3 Å². The zero-order valence-electron chi connectivity index (χ0n) is 13.9. The monoisotopic (exact) mass is 296 g/mol. The Balaban J connectivity index is 1.83. The third kappa shape index (κ3) is 2.91. The molecule has 4 nitrogen and oxygen atoms in total. The van der Waals surface area contributed by atoms with Gasteiger partial charge in [-0.15, -0.1) is 0 Å². The van der Waals surface area contributed by atoms with E-state index in [1.165, 1.54) is 23.1 Å². The summed E-state index contributed by atoms with van der Waals surface area (Å²) in [6.45, 7) is 6.41. The summed E-state index contributed by atoms with van der Waals surface area (Å²) in [5, 5.41) is 0. The van der Waals surface area contributed by atoms with Gasteiger partial charge in [0, 0.05) is 45.5 Å². The van der Waals surface area contributed by atoms with E-state index in [9.17, 15) is 0 Å². The Hall–Kier alpha value is -2.10. The first-order valence-electron chi connectivity index (χ1n) is 7.86. The van der Waals surface area contributed by atoms with Crippen LogP contribution in [0.5, 0.6) is 0 Å². The average molecular weight is 296 g/mol. The molecular weight excluding hydrogens is 272 g/mol. The first-order valence-corrected chi connectivity index (χ1v) is 7.86. The highest BCUT2D eigenvalue weighted by atomic mass is 15.3. The van der Waals surface area contributed by atoms with Gasteiger partial charge in [-0.3, -0.25) is 0 Å². The average Bonchev–Trinajstić information content (AvgIpc) is 2.96. The van der Waals surface area contributed by atoms with Crippen LogP contribution in [0, 0.1) is 13.8 Å². The molecule has 4 heteroatoms. The molecule has 1 aromatic carbocycles. The normalized spacial score (nSPS) is 17.8. The predicted molar refractivity (Wildman–Crippen MR) is 91.8 cm³/mol. The molecule has 22 heavy (non-hydrogen) atoms. The lowest BCUT2D eigenvalue weighted by Gasteiger charge is -2.23. The van der Waals surface area contributed by atoms with Gasteiger partial charge >= 0.3 is 0 Å². The number of aryl methyl sites for hydroxylation is 2. The number of anilines is 2. The molecule has 1 aliphatic rings. The number of nitrogens with zero attached hydrogens (tertiary/aromatic N) is 4. The molecule has 1 atom stereocenters. The summed E-state index contributed by atoms with van der Waals surface area (Å²) in [5.41, 5.74) is 4.15. The van der Waals surface area contributed by atoms with Crippen molar-refractivity contribution in [2.24, 2.45) is 0 Å². The van der Waals surface area contributed by atoms with Gasteiger partial charge in [-0.1, -0.05) is 29.3 Å². The maximum Gasteiger partial charge on any atom is 0.171 e. The molecule has 0 saturated carbocycles. The van der Waals surface area contributed by atoms with Crippen LogP contribution >= 0.6 is 0 Å². The van der Waals surface area contributed by atoms with Crippen LogP contribution in [0.1, 0.15) is 29.0 Å². The number of aromatic nitrogens is 2. The summed E-state index contributed by atoms with van der Waals surface area (Å²) in [4.78, 5) is 13.4. The standard InChI is InChI=1S/C18H24N4/c1-13-9-14(2)11-16(10-13)15-5-8-22(12-15)18-17(21(3)4)19-6-7-20-18/h6-7,9-11,15H,5,8,12H2,1-4H3. The highest BCUT2D eigenvalue weighted by Gasteiger charge is 2.27. The van der Waals surface area contributed by atoms with Crippen LogP contribution < -0.4 is 9.80 Å². The van der Waals surface area contributed by atoms with Crippen molar-refractivity contribution in [3.63, 3.8) is 0 Å². The Morgan fingerprint density at radius 2 is 1.73 bits per heavy atom. The number of hydrogen-bond donors (Lipinski definition) is 0. The molecule has 0 spiro atoms. The molecule has 0 radical (unpaired) electrons. The Bertz CT molecular complexity index is 646. The minimum atomic E-state index is 0.579. The second kappa shape index (κ2) is 5.95. The second-order valence-electron chi connectivity index (χ2n) is 6.45. The molecule has 3 rings (SSSR count). The van der Waals surface area contributed by atoms with Gasteiger partial charge in [-0.25, -0.2) is 9.97 Å². The lowest BCUT2D eigenvalue weighted by atomic mass is 9.95. The van der Waals surface area contributed by atoms with E-state index in [0.717, 1.165) is 24.7 Å². The van der Waals surface area contributed by atoms with Crippen molar-refractivity contribution >= 4 is 11.6 Å². The van der Waals surface area contributed by atoms with Gasteiger partial charge in [-0.2, -0.15) is 0 Å². The van der Waals surface area contributed by atoms with Crippen molar-refractivity contribution in [2.75, 3.05) is 37.0 Å². The third-order valence-corrected chi connectivity index (χ3v) is 4.29. The third-order valence-electron chi connectivity index (χ3n) is 4.29. The van der Waals surface area contributed by atoms with E-state index in [1.54, 1.807) is 12.4 Å². The molecule has 0 aliphatic carbocycles. The van der Waals surface area contributed by atoms with Gasteiger partial charge in [0.25, 0.3) is 0 Å². The van der Waals surface area contributed by atoms with E-state index in [4.69, 9.17) is 0 Å². The fourth-order valence-corrected chi connectivity index (χ4v) is 3.33. The topological polar surface area (TPSA) is 32.3 Å². The summed E-state index contributed by atoms with van der Waals surface area (Å²) in [5.74, 6) is 2.53. The molecule has 2 heterocycles. The molecule has 116 valence electrons. The van der Waals surface area contributed by atoms with E-state index in [-0.39, 0.29) is 0 Å². The smallest absolute Gasteiger partial charge is 0.171 e. The van der Waals surface area contributed by atoms with Crippen LogP contribution in [0.3, 0.4) is 0 Å². The maximum absolute atomic E-state index is 4.57. The molecule has 1 aromatic heterocycles. The van der Waals surface area contributed by atoms with Gasteiger partial charge in [0.15, 0.2) is 11.6 Å². The molecule has 1 unspecified atom stereocenters. The largest absolute Gasteiger partial charge is 0.360 e. The van der Waals surface area contributed by atoms with E-state index in [0.29, 0.717) is 5.92 Å². The van der Waals surface area contributed by atoms with Crippen LogP contribution in [0.25, 0.3) is 0 Å². The van der Waals surface area contributed by atoms with Crippen molar-refractivity contribution in [2.45, 2.75) is 26.2 Å². The first-order chi connectivity index (χ1) is 10.5. The summed E-state index contributed by atoms with van der Waals surface area (Å²) >= 11 is 0. The zero-order valence-corrected chi connectivity index (χ0v) is 13.9. The highest BCUT2D eigenvalue weighted by molar-refractivity contribution is 5.62. The molecule has 2 aromatic rings. The van der Waals surface area contributed by atoms with Crippen LogP contribution in [0.4, 0.5) is 11.6 Å². The van der Waals surface area contributed by atoms with Crippen molar-refractivity contribution < 1.29 is 0 Å². The number of benzene rings is 1. The fourth-order valence-electron chi connectivity index (χ4n) is 3.33. The van der Waals surface area contributed by atoms with Gasteiger partial charge in [0.2, 0.25) is 0 Å². The summed E-state index contributed by atoms with van der Waals surface area (Å²) < 4.78 is 0. The van der Waals surface area contributed by atoms with Crippen LogP contribution in [-0.4, -0.2) is 37.2 Å². The number of hydrogen-bond acceptors (Lipinski definition) is 4. The first kappa shape index (κ1) is 14.8. The van der Waals surface area contributed by atoms with Crippen LogP contribution in [0.2, 0.25) is 0 Å². The van der Waals surface area contributed by atoms with Gasteiger partial charge in [0.05, 0.1) is 0 Å². The lowest BCUT2D eigenvalue weighted by molar-refractivity contribution is 0.771. The fraction of sp³-hybridized carbons (Fsp3) is 0.444. The van der Waals surface area contributed by atoms with E-state index < -0.39 is 0 Å². The SMILES string of the molecule is Cc1cc(C)cc(C2CCN(c3nccnc3N(C)C)C2)c1. The van der Waals surface area contributed by atoms with E-state index >= 15 is 0 Å². The minimum absolute atomic E-state index is 0.579. The summed E-state index contributed by atoms with van der Waals surface area (Å²) in [6.07, 6.45) is 4.72. The number of rotatable bonds is 3. The zero-order chi connectivity index (χ0) is 15.7. The molecule has 0 amide bonds. The van der Waals surface area contributed by atoms with E-state index in [2.05, 4.69) is 46.9 Å². The quantitative estimate of drug-likeness (QED) is 0.871. The predicted octanol–water partition coefficient (Wildman–Crippen LogP) is 3.15. The highest BCUT2D eigenvalue weighted by Crippen LogP contribution is 2.33. The Labute approximate surface area is 132 Å². The second-order valence-corrected chi connectivity index (χ2v) is 6.45. The molecular formula is C18H24N4. The Kier molecular flexibility index (Phi) is 4.01. The lowest BCUT2D eigenvalue weighted by Crippen LogP contribution is -2.24. The minimum Gasteiger partial charge on any atom is -0.360 e. The van der Waals surface area contributed by atoms with Gasteiger partial charge < -0.3 is 9.80 Å². The van der Waals surface area contributed by atoms with Crippen molar-refractivity contribution in [1.29, 1.82) is 0 Å². The molecule has 0 N–H and O–H groups in total. The van der Waals surface area contributed by atoms with Crippen LogP contribution in [-0.2, 0) is 0 Å². The van der Waals surface area contributed by atoms with Gasteiger partial charge in [-0.05, 0) is 25.8 Å². The molecule has 1 saturated heterocycles. The molecule has 0 bridgehead atoms. The van der Waals surface area contributed by atoms with Crippen molar-refractivity contribution in [1.82, 2.24) is 9.97 Å². The Morgan fingerprint density at radius 1 is 1.05 bits per heavy atom. The van der Waals surface area contributed by atoms with Crippen LogP contribution in [0.15, 0.2) is 30.6 Å². The van der Waals surface area contributed by atoms with Gasteiger partial charge in [0.1, 0.15) is 0 Å². The van der Waals surface area contributed by atoms with E-state index in [1.807, 2.05) is 19.0 Å². The summed E-state index contributed by atoms with van der Waals surface area (Å²) in [6, 6.07) is 6.89. The summed E-state index contributed by atoms with van der Waals surface area (Å²) in [7, 11) is 4.04. The maximum atomic E-state index is 4.57. The molecule has 1 fully saturated rings. The molecule has 1 aliphatic heterocycles. The Morgan fingerprint density at radius 3 is 2.41 bits per heavy atom.